The van der Waals surface area contributed by atoms with Gasteiger partial charge in [0.1, 0.15) is 5.75 Å². The summed E-state index contributed by atoms with van der Waals surface area (Å²) in [7, 11) is 1.57. The summed E-state index contributed by atoms with van der Waals surface area (Å²) in [6.45, 7) is 1.80. The number of rotatable bonds is 3. The van der Waals surface area contributed by atoms with Crippen LogP contribution in [-0.2, 0) is 0 Å². The summed E-state index contributed by atoms with van der Waals surface area (Å²) in [5.74, 6) is 0.505. The van der Waals surface area contributed by atoms with Crippen molar-refractivity contribution < 1.29 is 9.53 Å². The van der Waals surface area contributed by atoms with Crippen molar-refractivity contribution >= 4 is 21.8 Å². The van der Waals surface area contributed by atoms with Gasteiger partial charge in [0.25, 0.3) is 5.91 Å². The Labute approximate surface area is 109 Å². The van der Waals surface area contributed by atoms with Crippen LogP contribution in [0.4, 0.5) is 0 Å². The topological polar surface area (TPSA) is 50.4 Å². The van der Waals surface area contributed by atoms with E-state index in [1.807, 2.05) is 6.07 Å². The molecule has 17 heavy (non-hydrogen) atoms. The minimum absolute atomic E-state index is 0.0805. The van der Waals surface area contributed by atoms with Gasteiger partial charge in [0.2, 0.25) is 0 Å². The highest BCUT2D eigenvalue weighted by molar-refractivity contribution is 9.10. The van der Waals surface area contributed by atoms with E-state index in [1.54, 1.807) is 19.2 Å². The minimum atomic E-state index is -0.0805. The van der Waals surface area contributed by atoms with Crippen LogP contribution in [0.25, 0.3) is 0 Å². The van der Waals surface area contributed by atoms with Gasteiger partial charge in [0.05, 0.1) is 12.7 Å². The van der Waals surface area contributed by atoms with Crippen LogP contribution >= 0.6 is 15.9 Å². The lowest BCUT2D eigenvalue weighted by Crippen LogP contribution is -2.36. The molecule has 4 nitrogen and oxygen atoms in total. The predicted octanol–water partition coefficient (Wildman–Crippen LogP) is 1.55. The van der Waals surface area contributed by atoms with Crippen molar-refractivity contribution in [1.82, 2.24) is 10.6 Å². The Morgan fingerprint density at radius 3 is 3.06 bits per heavy atom. The van der Waals surface area contributed by atoms with E-state index < -0.39 is 0 Å². The third-order valence-corrected chi connectivity index (χ3v) is 3.30. The van der Waals surface area contributed by atoms with Gasteiger partial charge in [-0.25, -0.2) is 0 Å². The number of hydrogen-bond acceptors (Lipinski definition) is 3. The van der Waals surface area contributed by atoms with Crippen molar-refractivity contribution in [2.45, 2.75) is 12.5 Å². The molecule has 0 aliphatic carbocycles. The molecule has 2 rings (SSSR count). The molecule has 92 valence electrons. The van der Waals surface area contributed by atoms with Crippen LogP contribution in [-0.4, -0.2) is 32.1 Å². The van der Waals surface area contributed by atoms with Gasteiger partial charge in [0.15, 0.2) is 0 Å². The minimum Gasteiger partial charge on any atom is -0.496 e. The quantitative estimate of drug-likeness (QED) is 0.890. The summed E-state index contributed by atoms with van der Waals surface area (Å²) in [4.78, 5) is 12.1. The lowest BCUT2D eigenvalue weighted by atomic mass is 10.1. The molecular formula is C12H15BrN2O2. The molecule has 1 amide bonds. The maximum atomic E-state index is 12.1. The van der Waals surface area contributed by atoms with E-state index in [4.69, 9.17) is 4.74 Å². The molecule has 0 unspecified atom stereocenters. The Hall–Kier alpha value is -1.07. The van der Waals surface area contributed by atoms with Crippen LogP contribution in [0, 0.1) is 0 Å². The smallest absolute Gasteiger partial charge is 0.255 e. The number of halogens is 1. The largest absolute Gasteiger partial charge is 0.496 e. The number of carbonyl (C=O) groups is 1. The van der Waals surface area contributed by atoms with E-state index in [0.29, 0.717) is 11.3 Å². The van der Waals surface area contributed by atoms with E-state index in [9.17, 15) is 4.79 Å². The van der Waals surface area contributed by atoms with E-state index in [1.165, 1.54) is 0 Å². The van der Waals surface area contributed by atoms with Crippen LogP contribution in [0.15, 0.2) is 22.7 Å². The van der Waals surface area contributed by atoms with E-state index in [-0.39, 0.29) is 11.9 Å². The zero-order valence-electron chi connectivity index (χ0n) is 9.63. The molecule has 0 spiro atoms. The number of methoxy groups -OCH3 is 1. The van der Waals surface area contributed by atoms with Gasteiger partial charge >= 0.3 is 0 Å². The number of benzene rings is 1. The number of carbonyl (C=O) groups excluding carboxylic acids is 1. The SMILES string of the molecule is COc1cc(Br)ccc1C(=O)N[C@@H]1CCNC1. The summed E-state index contributed by atoms with van der Waals surface area (Å²) >= 11 is 3.35. The highest BCUT2D eigenvalue weighted by Gasteiger charge is 2.19. The van der Waals surface area contributed by atoms with Gasteiger partial charge in [-0.3, -0.25) is 4.79 Å². The maximum Gasteiger partial charge on any atom is 0.255 e. The molecule has 0 bridgehead atoms. The van der Waals surface area contributed by atoms with Crippen molar-refractivity contribution in [2.24, 2.45) is 0 Å². The van der Waals surface area contributed by atoms with E-state index in [0.717, 1.165) is 24.0 Å². The highest BCUT2D eigenvalue weighted by Crippen LogP contribution is 2.23. The van der Waals surface area contributed by atoms with Gasteiger partial charge in [-0.1, -0.05) is 15.9 Å². The summed E-state index contributed by atoms with van der Waals surface area (Å²) in [5, 5.41) is 6.21. The summed E-state index contributed by atoms with van der Waals surface area (Å²) in [6.07, 6.45) is 0.977. The molecule has 1 atom stereocenters. The monoisotopic (exact) mass is 298 g/mol. The standard InChI is InChI=1S/C12H15BrN2O2/c1-17-11-6-8(13)2-3-10(11)12(16)15-9-4-5-14-7-9/h2-3,6,9,14H,4-5,7H2,1H3,(H,15,16)/t9-/m1/s1. The number of hydrogen-bond donors (Lipinski definition) is 2. The van der Waals surface area contributed by atoms with Crippen LogP contribution in [0.5, 0.6) is 5.75 Å². The summed E-state index contributed by atoms with van der Waals surface area (Å²) < 4.78 is 6.10. The number of amides is 1. The molecular weight excluding hydrogens is 284 g/mol. The molecule has 1 aromatic carbocycles. The van der Waals surface area contributed by atoms with Crippen LogP contribution in [0.3, 0.4) is 0 Å². The predicted molar refractivity (Wildman–Crippen MR) is 69.4 cm³/mol. The van der Waals surface area contributed by atoms with Gasteiger partial charge in [0, 0.05) is 17.1 Å². The second-order valence-corrected chi connectivity index (χ2v) is 4.92. The third-order valence-electron chi connectivity index (χ3n) is 2.80. The normalized spacial score (nSPS) is 19.1. The molecule has 0 radical (unpaired) electrons. The lowest BCUT2D eigenvalue weighted by molar-refractivity contribution is 0.0937. The zero-order valence-corrected chi connectivity index (χ0v) is 11.2. The first kappa shape index (κ1) is 12.4. The number of ether oxygens (including phenoxy) is 1. The Kier molecular flexibility index (Phi) is 4.02. The molecule has 1 aromatic rings. The summed E-state index contributed by atoms with van der Waals surface area (Å²) in [5.41, 5.74) is 0.572. The van der Waals surface area contributed by atoms with E-state index >= 15 is 0 Å². The molecule has 2 N–H and O–H groups in total. The van der Waals surface area contributed by atoms with Crippen LogP contribution < -0.4 is 15.4 Å². The van der Waals surface area contributed by atoms with Crippen molar-refractivity contribution in [3.63, 3.8) is 0 Å². The second-order valence-electron chi connectivity index (χ2n) is 4.01. The molecule has 1 heterocycles. The fourth-order valence-electron chi connectivity index (χ4n) is 1.89. The zero-order chi connectivity index (χ0) is 12.3. The fraction of sp³-hybridized carbons (Fsp3) is 0.417. The first-order valence-corrected chi connectivity index (χ1v) is 6.35. The van der Waals surface area contributed by atoms with E-state index in [2.05, 4.69) is 26.6 Å². The van der Waals surface area contributed by atoms with Crippen molar-refractivity contribution in [3.8, 4) is 5.75 Å². The Morgan fingerprint density at radius 1 is 1.59 bits per heavy atom. The lowest BCUT2D eigenvalue weighted by Gasteiger charge is -2.13. The first-order valence-electron chi connectivity index (χ1n) is 5.56. The fourth-order valence-corrected chi connectivity index (χ4v) is 2.23. The van der Waals surface area contributed by atoms with Crippen molar-refractivity contribution in [1.29, 1.82) is 0 Å². The van der Waals surface area contributed by atoms with Gasteiger partial charge in [-0.05, 0) is 31.2 Å². The first-order chi connectivity index (χ1) is 8.20. The van der Waals surface area contributed by atoms with Gasteiger partial charge in [-0.2, -0.15) is 0 Å². The number of nitrogens with one attached hydrogen (secondary N) is 2. The molecule has 1 saturated heterocycles. The molecule has 0 aromatic heterocycles. The summed E-state index contributed by atoms with van der Waals surface area (Å²) in [6, 6.07) is 5.61. The average Bonchev–Trinajstić information content (AvgIpc) is 2.81. The Morgan fingerprint density at radius 2 is 2.41 bits per heavy atom. The third kappa shape index (κ3) is 2.98. The maximum absolute atomic E-state index is 12.1. The molecule has 5 heteroatoms. The molecule has 0 saturated carbocycles. The second kappa shape index (κ2) is 5.51. The van der Waals surface area contributed by atoms with Crippen LogP contribution in [0.1, 0.15) is 16.8 Å². The average molecular weight is 299 g/mol. The van der Waals surface area contributed by atoms with Gasteiger partial charge in [-0.15, -0.1) is 0 Å². The molecule has 1 aliphatic rings. The highest BCUT2D eigenvalue weighted by atomic mass is 79.9. The van der Waals surface area contributed by atoms with Crippen molar-refractivity contribution in [3.05, 3.63) is 28.2 Å². The van der Waals surface area contributed by atoms with Gasteiger partial charge < -0.3 is 15.4 Å². The van der Waals surface area contributed by atoms with Crippen LogP contribution in [0.2, 0.25) is 0 Å². The molecule has 1 fully saturated rings. The Bertz CT molecular complexity index is 417. The molecule has 1 aliphatic heterocycles. The Balaban J connectivity index is 2.12. The van der Waals surface area contributed by atoms with Crippen molar-refractivity contribution in [2.75, 3.05) is 20.2 Å².